The van der Waals surface area contributed by atoms with E-state index in [9.17, 15) is 4.79 Å². The molecular formula is C16H26N2O2. The van der Waals surface area contributed by atoms with Crippen molar-refractivity contribution < 1.29 is 9.53 Å². The van der Waals surface area contributed by atoms with Crippen LogP contribution in [0.5, 0.6) is 5.75 Å². The minimum absolute atomic E-state index is 0.434. The Morgan fingerprint density at radius 1 is 1.40 bits per heavy atom. The van der Waals surface area contributed by atoms with Crippen LogP contribution >= 0.6 is 0 Å². The molecule has 0 spiro atoms. The summed E-state index contributed by atoms with van der Waals surface area (Å²) in [6.07, 6.45) is 0.634. The highest BCUT2D eigenvalue weighted by molar-refractivity contribution is 5.69. The number of hydrogen-bond acceptors (Lipinski definition) is 3. The van der Waals surface area contributed by atoms with Gasteiger partial charge in [0.05, 0.1) is 0 Å². The number of ether oxygens (including phenoxy) is 1. The zero-order valence-electron chi connectivity index (χ0n) is 13.1. The van der Waals surface area contributed by atoms with Gasteiger partial charge in [-0.2, -0.15) is 0 Å². The van der Waals surface area contributed by atoms with Crippen molar-refractivity contribution in [2.24, 2.45) is 5.92 Å². The minimum atomic E-state index is -0.434. The molecule has 1 aromatic rings. The maximum absolute atomic E-state index is 11.3. The van der Waals surface area contributed by atoms with Gasteiger partial charge in [-0.1, -0.05) is 26.0 Å². The molecule has 0 saturated carbocycles. The zero-order valence-corrected chi connectivity index (χ0v) is 13.1. The first-order valence-electron chi connectivity index (χ1n) is 7.12. The van der Waals surface area contributed by atoms with Gasteiger partial charge in [0.15, 0.2) is 0 Å². The van der Waals surface area contributed by atoms with Gasteiger partial charge < -0.3 is 15.0 Å². The molecule has 0 unspecified atom stereocenters. The van der Waals surface area contributed by atoms with Crippen molar-refractivity contribution in [2.45, 2.75) is 26.2 Å². The maximum atomic E-state index is 11.3. The Labute approximate surface area is 122 Å². The summed E-state index contributed by atoms with van der Waals surface area (Å²) >= 11 is 0. The molecular weight excluding hydrogens is 252 g/mol. The van der Waals surface area contributed by atoms with E-state index in [1.165, 1.54) is 5.56 Å². The molecule has 0 radical (unpaired) electrons. The molecule has 4 nitrogen and oxygen atoms in total. The van der Waals surface area contributed by atoms with Gasteiger partial charge >= 0.3 is 6.09 Å². The molecule has 0 heterocycles. The normalized spacial score (nSPS) is 13.9. The van der Waals surface area contributed by atoms with Gasteiger partial charge in [-0.15, -0.1) is 0 Å². The van der Waals surface area contributed by atoms with Gasteiger partial charge in [0, 0.05) is 13.6 Å². The second kappa shape index (κ2) is 7.90. The molecule has 1 N–H and O–H groups in total. The molecule has 1 amide bonds. The number of benzene rings is 1. The molecule has 112 valence electrons. The van der Waals surface area contributed by atoms with E-state index < -0.39 is 6.09 Å². The molecule has 2 atom stereocenters. The van der Waals surface area contributed by atoms with Gasteiger partial charge in [0.25, 0.3) is 0 Å². The lowest BCUT2D eigenvalue weighted by atomic mass is 9.85. The molecule has 0 saturated heterocycles. The molecule has 0 aliphatic rings. The summed E-state index contributed by atoms with van der Waals surface area (Å²) in [6.45, 7) is 5.50. The van der Waals surface area contributed by atoms with Crippen LogP contribution in [0.3, 0.4) is 0 Å². The predicted octanol–water partition coefficient (Wildman–Crippen LogP) is 3.10. The molecule has 4 heteroatoms. The molecule has 0 aromatic heterocycles. The topological polar surface area (TPSA) is 41.6 Å². The standard InChI is InChI=1S/C16H26N2O2/c1-6-15(12(2)11-18(4)5)13-8-7-9-14(10-13)20-16(19)17-3/h7-10,12,15H,6,11H2,1-5H3,(H,17,19)/t12-,15+/m0/s1. The Hall–Kier alpha value is -1.55. The van der Waals surface area contributed by atoms with Gasteiger partial charge in [0.1, 0.15) is 5.75 Å². The number of nitrogens with zero attached hydrogens (tertiary/aromatic N) is 1. The minimum Gasteiger partial charge on any atom is -0.410 e. The Morgan fingerprint density at radius 2 is 2.10 bits per heavy atom. The maximum Gasteiger partial charge on any atom is 0.412 e. The van der Waals surface area contributed by atoms with Crippen LogP contribution in [0.1, 0.15) is 31.7 Å². The third kappa shape index (κ3) is 4.85. The van der Waals surface area contributed by atoms with Crippen molar-refractivity contribution in [3.8, 4) is 5.75 Å². The number of rotatable bonds is 6. The van der Waals surface area contributed by atoms with E-state index in [1.54, 1.807) is 7.05 Å². The highest BCUT2D eigenvalue weighted by atomic mass is 16.5. The summed E-state index contributed by atoms with van der Waals surface area (Å²) in [4.78, 5) is 13.5. The smallest absolute Gasteiger partial charge is 0.410 e. The second-order valence-electron chi connectivity index (χ2n) is 5.47. The Kier molecular flexibility index (Phi) is 6.52. The number of nitrogens with one attached hydrogen (secondary N) is 1. The predicted molar refractivity (Wildman–Crippen MR) is 82.3 cm³/mol. The van der Waals surface area contributed by atoms with E-state index in [1.807, 2.05) is 18.2 Å². The van der Waals surface area contributed by atoms with E-state index in [4.69, 9.17) is 4.74 Å². The monoisotopic (exact) mass is 278 g/mol. The van der Waals surface area contributed by atoms with E-state index in [2.05, 4.69) is 44.2 Å². The number of hydrogen-bond donors (Lipinski definition) is 1. The van der Waals surface area contributed by atoms with Crippen LogP contribution in [0.25, 0.3) is 0 Å². The molecule has 0 fully saturated rings. The van der Waals surface area contributed by atoms with Crippen molar-refractivity contribution in [1.82, 2.24) is 10.2 Å². The van der Waals surface area contributed by atoms with E-state index in [0.717, 1.165) is 13.0 Å². The highest BCUT2D eigenvalue weighted by Crippen LogP contribution is 2.30. The van der Waals surface area contributed by atoms with Crippen LogP contribution in [-0.2, 0) is 0 Å². The summed E-state index contributed by atoms with van der Waals surface area (Å²) in [6, 6.07) is 7.83. The Morgan fingerprint density at radius 3 is 2.65 bits per heavy atom. The van der Waals surface area contributed by atoms with Crippen molar-refractivity contribution in [3.05, 3.63) is 29.8 Å². The first-order chi connectivity index (χ1) is 9.47. The van der Waals surface area contributed by atoms with Gasteiger partial charge in [-0.25, -0.2) is 4.79 Å². The molecule has 1 aromatic carbocycles. The second-order valence-corrected chi connectivity index (χ2v) is 5.47. The average molecular weight is 278 g/mol. The molecule has 0 bridgehead atoms. The summed E-state index contributed by atoms with van der Waals surface area (Å²) in [5.74, 6) is 1.60. The quantitative estimate of drug-likeness (QED) is 0.869. The first kappa shape index (κ1) is 16.5. The van der Waals surface area contributed by atoms with Crippen molar-refractivity contribution in [3.63, 3.8) is 0 Å². The molecule has 1 rings (SSSR count). The van der Waals surface area contributed by atoms with Crippen molar-refractivity contribution in [1.29, 1.82) is 0 Å². The zero-order chi connectivity index (χ0) is 15.1. The fourth-order valence-corrected chi connectivity index (χ4v) is 2.64. The van der Waals surface area contributed by atoms with Crippen LogP contribution in [0.15, 0.2) is 24.3 Å². The summed E-state index contributed by atoms with van der Waals surface area (Å²) in [7, 11) is 5.74. The summed E-state index contributed by atoms with van der Waals surface area (Å²) < 4.78 is 5.20. The lowest BCUT2D eigenvalue weighted by Gasteiger charge is -2.26. The SMILES string of the molecule is CC[C@@H](c1cccc(OC(=O)NC)c1)[C@@H](C)CN(C)C. The third-order valence-electron chi connectivity index (χ3n) is 3.48. The highest BCUT2D eigenvalue weighted by Gasteiger charge is 2.19. The number of carbonyl (C=O) groups is 1. The summed E-state index contributed by atoms with van der Waals surface area (Å²) in [5.41, 5.74) is 1.23. The largest absolute Gasteiger partial charge is 0.412 e. The molecule has 0 aliphatic heterocycles. The summed E-state index contributed by atoms with van der Waals surface area (Å²) in [5, 5.41) is 2.46. The average Bonchev–Trinajstić information content (AvgIpc) is 2.39. The fraction of sp³-hybridized carbons (Fsp3) is 0.562. The lowest BCUT2D eigenvalue weighted by molar-refractivity contribution is 0.203. The van der Waals surface area contributed by atoms with E-state index in [0.29, 0.717) is 17.6 Å². The first-order valence-corrected chi connectivity index (χ1v) is 7.12. The van der Waals surface area contributed by atoms with Gasteiger partial charge in [0.2, 0.25) is 0 Å². The number of amides is 1. The lowest BCUT2D eigenvalue weighted by Crippen LogP contribution is -2.24. The van der Waals surface area contributed by atoms with Crippen LogP contribution in [0.2, 0.25) is 0 Å². The van der Waals surface area contributed by atoms with E-state index in [-0.39, 0.29) is 0 Å². The fourth-order valence-electron chi connectivity index (χ4n) is 2.64. The van der Waals surface area contributed by atoms with Crippen molar-refractivity contribution in [2.75, 3.05) is 27.7 Å². The third-order valence-corrected chi connectivity index (χ3v) is 3.48. The van der Waals surface area contributed by atoms with E-state index >= 15 is 0 Å². The van der Waals surface area contributed by atoms with Crippen molar-refractivity contribution >= 4 is 6.09 Å². The van der Waals surface area contributed by atoms with Gasteiger partial charge in [-0.3, -0.25) is 0 Å². The Balaban J connectivity index is 2.87. The van der Waals surface area contributed by atoms with Crippen LogP contribution in [0, 0.1) is 5.92 Å². The number of carbonyl (C=O) groups excluding carboxylic acids is 1. The van der Waals surface area contributed by atoms with Crippen LogP contribution in [-0.4, -0.2) is 38.7 Å². The molecule has 0 aliphatic carbocycles. The van der Waals surface area contributed by atoms with Crippen LogP contribution < -0.4 is 10.1 Å². The van der Waals surface area contributed by atoms with Gasteiger partial charge in [-0.05, 0) is 50.0 Å². The Bertz CT molecular complexity index is 432. The van der Waals surface area contributed by atoms with Crippen LogP contribution in [0.4, 0.5) is 4.79 Å². The molecule has 20 heavy (non-hydrogen) atoms.